The van der Waals surface area contributed by atoms with Crippen LogP contribution < -0.4 is 0 Å². The van der Waals surface area contributed by atoms with Gasteiger partial charge in [0.1, 0.15) is 6.33 Å². The number of benzene rings is 1. The smallest absolute Gasteiger partial charge is 0.138 e. The SMILES string of the molecule is Cc1ccc(CC(C)c2cnncn2)cc1. The first-order valence-electron chi connectivity index (χ1n) is 5.44. The maximum atomic E-state index is 4.22. The topological polar surface area (TPSA) is 38.7 Å². The second kappa shape index (κ2) is 4.84. The summed E-state index contributed by atoms with van der Waals surface area (Å²) in [5, 5.41) is 7.53. The van der Waals surface area contributed by atoms with Crippen LogP contribution in [0.5, 0.6) is 0 Å². The van der Waals surface area contributed by atoms with E-state index < -0.39 is 0 Å². The lowest BCUT2D eigenvalue weighted by Crippen LogP contribution is -2.02. The van der Waals surface area contributed by atoms with E-state index in [1.54, 1.807) is 6.20 Å². The zero-order valence-electron chi connectivity index (χ0n) is 9.59. The highest BCUT2D eigenvalue weighted by Gasteiger charge is 2.07. The fourth-order valence-electron chi connectivity index (χ4n) is 1.68. The third kappa shape index (κ3) is 2.63. The fourth-order valence-corrected chi connectivity index (χ4v) is 1.68. The molecule has 0 aliphatic heterocycles. The Kier molecular flexibility index (Phi) is 3.25. The number of aryl methyl sites for hydroxylation is 1. The van der Waals surface area contributed by atoms with E-state index in [1.165, 1.54) is 17.5 Å². The summed E-state index contributed by atoms with van der Waals surface area (Å²) < 4.78 is 0. The summed E-state index contributed by atoms with van der Waals surface area (Å²) in [7, 11) is 0. The Morgan fingerprint density at radius 3 is 2.50 bits per heavy atom. The van der Waals surface area contributed by atoms with Crippen LogP contribution in [0.3, 0.4) is 0 Å². The summed E-state index contributed by atoms with van der Waals surface area (Å²) >= 11 is 0. The van der Waals surface area contributed by atoms with Crippen LogP contribution in [0, 0.1) is 6.92 Å². The molecule has 0 fully saturated rings. The first-order valence-corrected chi connectivity index (χ1v) is 5.44. The van der Waals surface area contributed by atoms with Crippen LogP contribution in [0.15, 0.2) is 36.8 Å². The zero-order valence-corrected chi connectivity index (χ0v) is 9.59. The molecule has 0 saturated heterocycles. The van der Waals surface area contributed by atoms with Gasteiger partial charge in [-0.3, -0.25) is 0 Å². The molecule has 0 bridgehead atoms. The van der Waals surface area contributed by atoms with Crippen molar-refractivity contribution in [2.75, 3.05) is 0 Å². The second-order valence-corrected chi connectivity index (χ2v) is 4.12. The molecule has 1 aromatic heterocycles. The normalized spacial score (nSPS) is 12.4. The molecule has 1 aromatic carbocycles. The average Bonchev–Trinajstić information content (AvgIpc) is 2.33. The molecule has 0 aliphatic rings. The van der Waals surface area contributed by atoms with E-state index in [0.717, 1.165) is 12.1 Å². The van der Waals surface area contributed by atoms with Crippen molar-refractivity contribution in [1.82, 2.24) is 15.2 Å². The molecule has 16 heavy (non-hydrogen) atoms. The summed E-state index contributed by atoms with van der Waals surface area (Å²) in [4.78, 5) is 4.22. The van der Waals surface area contributed by atoms with Crippen molar-refractivity contribution in [2.24, 2.45) is 0 Å². The molecular formula is C13H15N3. The van der Waals surface area contributed by atoms with Crippen LogP contribution in [0.25, 0.3) is 0 Å². The van der Waals surface area contributed by atoms with Gasteiger partial charge in [-0.05, 0) is 18.9 Å². The Bertz CT molecular complexity index is 436. The van der Waals surface area contributed by atoms with Gasteiger partial charge in [0.15, 0.2) is 0 Å². The Morgan fingerprint density at radius 2 is 1.88 bits per heavy atom. The minimum atomic E-state index is 0.373. The van der Waals surface area contributed by atoms with Crippen molar-refractivity contribution in [3.05, 3.63) is 53.6 Å². The van der Waals surface area contributed by atoms with Crippen molar-refractivity contribution < 1.29 is 0 Å². The van der Waals surface area contributed by atoms with Crippen LogP contribution >= 0.6 is 0 Å². The Labute approximate surface area is 95.6 Å². The first kappa shape index (κ1) is 10.7. The third-order valence-electron chi connectivity index (χ3n) is 2.68. The summed E-state index contributed by atoms with van der Waals surface area (Å²) in [6.45, 7) is 4.26. The van der Waals surface area contributed by atoms with Gasteiger partial charge in [-0.2, -0.15) is 5.10 Å². The van der Waals surface area contributed by atoms with E-state index in [1.807, 2.05) is 0 Å². The molecule has 2 rings (SSSR count). The average molecular weight is 213 g/mol. The van der Waals surface area contributed by atoms with Crippen LogP contribution in [-0.2, 0) is 6.42 Å². The third-order valence-corrected chi connectivity index (χ3v) is 2.68. The van der Waals surface area contributed by atoms with Gasteiger partial charge in [0.25, 0.3) is 0 Å². The fraction of sp³-hybridized carbons (Fsp3) is 0.308. The van der Waals surface area contributed by atoms with Gasteiger partial charge in [-0.15, -0.1) is 5.10 Å². The summed E-state index contributed by atoms with van der Waals surface area (Å²) in [6, 6.07) is 8.61. The van der Waals surface area contributed by atoms with Gasteiger partial charge in [0.05, 0.1) is 11.9 Å². The van der Waals surface area contributed by atoms with Crippen molar-refractivity contribution >= 4 is 0 Å². The maximum absolute atomic E-state index is 4.22. The van der Waals surface area contributed by atoms with Gasteiger partial charge in [-0.1, -0.05) is 36.8 Å². The number of nitrogens with zero attached hydrogens (tertiary/aromatic N) is 3. The summed E-state index contributed by atoms with van der Waals surface area (Å²) in [5.74, 6) is 0.373. The van der Waals surface area contributed by atoms with Crippen molar-refractivity contribution in [3.8, 4) is 0 Å². The number of hydrogen-bond donors (Lipinski definition) is 0. The van der Waals surface area contributed by atoms with Crippen molar-refractivity contribution in [2.45, 2.75) is 26.2 Å². The van der Waals surface area contributed by atoms with E-state index in [4.69, 9.17) is 0 Å². The predicted octanol–water partition coefficient (Wildman–Crippen LogP) is 2.53. The molecule has 3 heteroatoms. The van der Waals surface area contributed by atoms with Crippen LogP contribution in [0.1, 0.15) is 29.7 Å². The summed E-state index contributed by atoms with van der Waals surface area (Å²) in [5.41, 5.74) is 3.62. The monoisotopic (exact) mass is 213 g/mol. The Morgan fingerprint density at radius 1 is 1.12 bits per heavy atom. The Hall–Kier alpha value is -1.77. The minimum absolute atomic E-state index is 0.373. The molecule has 0 aliphatic carbocycles. The van der Waals surface area contributed by atoms with E-state index in [0.29, 0.717) is 5.92 Å². The van der Waals surface area contributed by atoms with Crippen LogP contribution in [0.4, 0.5) is 0 Å². The molecule has 1 unspecified atom stereocenters. The molecular weight excluding hydrogens is 198 g/mol. The lowest BCUT2D eigenvalue weighted by molar-refractivity contribution is 0.712. The number of rotatable bonds is 3. The maximum Gasteiger partial charge on any atom is 0.138 e. The van der Waals surface area contributed by atoms with E-state index >= 15 is 0 Å². The molecule has 0 saturated carbocycles. The van der Waals surface area contributed by atoms with Crippen molar-refractivity contribution in [1.29, 1.82) is 0 Å². The standard InChI is InChI=1S/C13H15N3/c1-10-3-5-12(6-4-10)7-11(2)13-8-15-16-9-14-13/h3-6,8-9,11H,7H2,1-2H3. The van der Waals surface area contributed by atoms with E-state index in [2.05, 4.69) is 53.3 Å². The number of aromatic nitrogens is 3. The molecule has 0 radical (unpaired) electrons. The molecule has 1 atom stereocenters. The largest absolute Gasteiger partial charge is 0.238 e. The minimum Gasteiger partial charge on any atom is -0.238 e. The highest BCUT2D eigenvalue weighted by atomic mass is 15.1. The first-order chi connectivity index (χ1) is 7.75. The molecule has 0 N–H and O–H groups in total. The molecule has 0 amide bonds. The van der Waals surface area contributed by atoms with Crippen molar-refractivity contribution in [3.63, 3.8) is 0 Å². The molecule has 1 heterocycles. The molecule has 2 aromatic rings. The number of hydrogen-bond acceptors (Lipinski definition) is 3. The molecule has 82 valence electrons. The zero-order chi connectivity index (χ0) is 11.4. The lowest BCUT2D eigenvalue weighted by Gasteiger charge is -2.09. The van der Waals surface area contributed by atoms with Gasteiger partial charge in [0, 0.05) is 5.92 Å². The molecule has 0 spiro atoms. The van der Waals surface area contributed by atoms with Gasteiger partial charge < -0.3 is 0 Å². The van der Waals surface area contributed by atoms with Gasteiger partial charge >= 0.3 is 0 Å². The lowest BCUT2D eigenvalue weighted by atomic mass is 9.98. The highest BCUT2D eigenvalue weighted by Crippen LogP contribution is 2.17. The van der Waals surface area contributed by atoms with E-state index in [9.17, 15) is 0 Å². The van der Waals surface area contributed by atoms with Gasteiger partial charge in [-0.25, -0.2) is 4.98 Å². The quantitative estimate of drug-likeness (QED) is 0.786. The predicted molar refractivity (Wildman–Crippen MR) is 63.1 cm³/mol. The molecule has 3 nitrogen and oxygen atoms in total. The Balaban J connectivity index is 2.08. The second-order valence-electron chi connectivity index (χ2n) is 4.12. The van der Waals surface area contributed by atoms with Crippen LogP contribution in [-0.4, -0.2) is 15.2 Å². The summed E-state index contributed by atoms with van der Waals surface area (Å²) in [6.07, 6.45) is 4.22. The van der Waals surface area contributed by atoms with Crippen LogP contribution in [0.2, 0.25) is 0 Å². The van der Waals surface area contributed by atoms with Gasteiger partial charge in [0.2, 0.25) is 0 Å². The highest BCUT2D eigenvalue weighted by molar-refractivity contribution is 5.23. The van der Waals surface area contributed by atoms with E-state index in [-0.39, 0.29) is 0 Å².